The average Bonchev–Trinajstić information content (AvgIpc) is 2.48. The van der Waals surface area contributed by atoms with E-state index >= 15 is 0 Å². The number of carbonyl (C=O) groups excluding carboxylic acids is 1. The predicted molar refractivity (Wildman–Crippen MR) is 91.2 cm³/mol. The van der Waals surface area contributed by atoms with Crippen molar-refractivity contribution in [2.24, 2.45) is 5.41 Å². The second-order valence-corrected chi connectivity index (χ2v) is 9.00. The van der Waals surface area contributed by atoms with E-state index in [0.29, 0.717) is 5.56 Å². The van der Waals surface area contributed by atoms with Crippen LogP contribution >= 0.6 is 0 Å². The quantitative estimate of drug-likeness (QED) is 0.767. The summed E-state index contributed by atoms with van der Waals surface area (Å²) in [5, 5.41) is 8.80. The molecule has 0 spiro atoms. The van der Waals surface area contributed by atoms with Crippen LogP contribution in [0.3, 0.4) is 0 Å². The van der Waals surface area contributed by atoms with Crippen LogP contribution in [-0.4, -0.2) is 48.9 Å². The molecule has 0 N–H and O–H groups in total. The van der Waals surface area contributed by atoms with Gasteiger partial charge in [-0.3, -0.25) is 4.79 Å². The van der Waals surface area contributed by atoms with Crippen LogP contribution in [0, 0.1) is 22.6 Å². The molecule has 0 aliphatic carbocycles. The van der Waals surface area contributed by atoms with Gasteiger partial charge in [0, 0.05) is 26.1 Å². The van der Waals surface area contributed by atoms with Crippen LogP contribution in [0.1, 0.15) is 25.8 Å². The first kappa shape index (κ1) is 19.3. The topological polar surface area (TPSA) is 81.5 Å². The number of sulfonamides is 1. The Kier molecular flexibility index (Phi) is 5.80. The van der Waals surface area contributed by atoms with Crippen LogP contribution in [-0.2, 0) is 21.4 Å². The van der Waals surface area contributed by atoms with Crippen LogP contribution in [0.4, 0.5) is 4.39 Å². The number of nitrogens with zero attached hydrogens (tertiary/aromatic N) is 3. The highest BCUT2D eigenvalue weighted by Crippen LogP contribution is 2.24. The van der Waals surface area contributed by atoms with Gasteiger partial charge in [0.05, 0.1) is 18.4 Å². The maximum absolute atomic E-state index is 13.2. The van der Waals surface area contributed by atoms with Crippen molar-refractivity contribution in [1.82, 2.24) is 9.21 Å². The van der Waals surface area contributed by atoms with Crippen molar-refractivity contribution in [3.8, 4) is 6.07 Å². The molecule has 136 valence electrons. The molecule has 0 unspecified atom stereocenters. The van der Waals surface area contributed by atoms with E-state index < -0.39 is 15.4 Å². The normalized spacial score (nSPS) is 16.7. The fraction of sp³-hybridized carbons (Fsp3) is 0.529. The van der Waals surface area contributed by atoms with E-state index in [2.05, 4.69) is 0 Å². The van der Waals surface area contributed by atoms with Gasteiger partial charge >= 0.3 is 0 Å². The molecule has 1 aliphatic rings. The van der Waals surface area contributed by atoms with Crippen LogP contribution in [0.5, 0.6) is 0 Å². The van der Waals surface area contributed by atoms with Crippen molar-refractivity contribution in [3.05, 3.63) is 35.6 Å². The van der Waals surface area contributed by atoms with Crippen LogP contribution < -0.4 is 0 Å². The largest absolute Gasteiger partial charge is 0.336 e. The van der Waals surface area contributed by atoms with Crippen LogP contribution in [0.2, 0.25) is 0 Å². The van der Waals surface area contributed by atoms with Gasteiger partial charge in [-0.25, -0.2) is 12.8 Å². The fourth-order valence-electron chi connectivity index (χ4n) is 2.80. The van der Waals surface area contributed by atoms with Crippen molar-refractivity contribution < 1.29 is 17.6 Å². The second kappa shape index (κ2) is 7.50. The number of halogens is 1. The molecule has 25 heavy (non-hydrogen) atoms. The third kappa shape index (κ3) is 5.25. The minimum atomic E-state index is -3.62. The summed E-state index contributed by atoms with van der Waals surface area (Å²) in [6.07, 6.45) is 0.125. The van der Waals surface area contributed by atoms with Crippen molar-refractivity contribution in [2.75, 3.05) is 25.4 Å². The summed E-state index contributed by atoms with van der Waals surface area (Å²) >= 11 is 0. The van der Waals surface area contributed by atoms with Crippen molar-refractivity contribution in [1.29, 1.82) is 5.26 Å². The molecule has 1 aliphatic heterocycles. The van der Waals surface area contributed by atoms with Crippen LogP contribution in [0.25, 0.3) is 0 Å². The van der Waals surface area contributed by atoms with Crippen LogP contribution in [0.15, 0.2) is 24.3 Å². The molecule has 8 heteroatoms. The molecule has 0 radical (unpaired) electrons. The summed E-state index contributed by atoms with van der Waals surface area (Å²) < 4.78 is 39.5. The summed E-state index contributed by atoms with van der Waals surface area (Å²) in [4.78, 5) is 13.8. The molecule has 1 fully saturated rings. The van der Waals surface area contributed by atoms with Crippen molar-refractivity contribution in [2.45, 2.75) is 26.8 Å². The summed E-state index contributed by atoms with van der Waals surface area (Å²) in [6, 6.07) is 7.99. The smallest absolute Gasteiger partial charge is 0.238 e. The first-order valence-electron chi connectivity index (χ1n) is 8.00. The summed E-state index contributed by atoms with van der Waals surface area (Å²) in [7, 11) is -3.62. The van der Waals surface area contributed by atoms with Gasteiger partial charge in [-0.1, -0.05) is 26.0 Å². The van der Waals surface area contributed by atoms with Crippen molar-refractivity contribution >= 4 is 15.9 Å². The molecule has 0 aromatic heterocycles. The number of hydrogen-bond donors (Lipinski definition) is 0. The van der Waals surface area contributed by atoms with Gasteiger partial charge < -0.3 is 4.90 Å². The van der Waals surface area contributed by atoms with Gasteiger partial charge in [0.15, 0.2) is 0 Å². The molecule has 0 bridgehead atoms. The SMILES string of the molecule is CC(C)(CC#N)CS(=O)(=O)N1CCN(Cc2cccc(F)c2)C(=O)C1. The first-order chi connectivity index (χ1) is 11.6. The Bertz CT molecular complexity index is 787. The molecule has 1 heterocycles. The Morgan fingerprint density at radius 2 is 2.04 bits per heavy atom. The molecular weight excluding hydrogens is 345 g/mol. The third-order valence-electron chi connectivity index (χ3n) is 4.07. The van der Waals surface area contributed by atoms with E-state index in [1.807, 2.05) is 6.07 Å². The van der Waals surface area contributed by atoms with Gasteiger partial charge in [-0.05, 0) is 23.1 Å². The number of piperazine rings is 1. The van der Waals surface area contributed by atoms with Gasteiger partial charge in [-0.2, -0.15) is 9.57 Å². The first-order valence-corrected chi connectivity index (χ1v) is 9.61. The highest BCUT2D eigenvalue weighted by molar-refractivity contribution is 7.89. The average molecular weight is 367 g/mol. The van der Waals surface area contributed by atoms with Gasteiger partial charge in [-0.15, -0.1) is 0 Å². The van der Waals surface area contributed by atoms with E-state index in [4.69, 9.17) is 5.26 Å². The zero-order valence-corrected chi connectivity index (χ0v) is 15.2. The predicted octanol–water partition coefficient (Wildman–Crippen LogP) is 1.74. The Hall–Kier alpha value is -1.98. The maximum Gasteiger partial charge on any atom is 0.238 e. The highest BCUT2D eigenvalue weighted by atomic mass is 32.2. The Morgan fingerprint density at radius 1 is 1.32 bits per heavy atom. The summed E-state index contributed by atoms with van der Waals surface area (Å²) in [5.74, 6) is -0.854. The minimum absolute atomic E-state index is 0.125. The zero-order valence-electron chi connectivity index (χ0n) is 14.4. The standard InChI is InChI=1S/C17H22FN3O3S/c1-17(2,6-7-19)13-25(23,24)21-9-8-20(16(22)12-21)11-14-4-3-5-15(18)10-14/h3-5,10H,6,8-9,11-13H2,1-2H3. The minimum Gasteiger partial charge on any atom is -0.336 e. The molecular formula is C17H22FN3O3S. The second-order valence-electron chi connectivity index (χ2n) is 7.03. The van der Waals surface area contributed by atoms with E-state index in [0.717, 1.165) is 0 Å². The number of hydrogen-bond acceptors (Lipinski definition) is 4. The Balaban J connectivity index is 2.01. The lowest BCUT2D eigenvalue weighted by Gasteiger charge is -2.35. The van der Waals surface area contributed by atoms with E-state index in [9.17, 15) is 17.6 Å². The van der Waals surface area contributed by atoms with E-state index in [-0.39, 0.29) is 50.1 Å². The third-order valence-corrected chi connectivity index (χ3v) is 6.31. The van der Waals surface area contributed by atoms with Gasteiger partial charge in [0.1, 0.15) is 5.82 Å². The Labute approximate surface area is 147 Å². The number of amides is 1. The van der Waals surface area contributed by atoms with Gasteiger partial charge in [0.25, 0.3) is 0 Å². The lowest BCUT2D eigenvalue weighted by atomic mass is 9.93. The lowest BCUT2D eigenvalue weighted by molar-refractivity contribution is -0.134. The number of nitriles is 1. The van der Waals surface area contributed by atoms with E-state index in [1.54, 1.807) is 26.0 Å². The lowest BCUT2D eigenvalue weighted by Crippen LogP contribution is -2.53. The summed E-state index contributed by atoms with van der Waals surface area (Å²) in [6.45, 7) is 3.93. The Morgan fingerprint density at radius 3 is 2.64 bits per heavy atom. The number of benzene rings is 1. The molecule has 2 rings (SSSR count). The summed E-state index contributed by atoms with van der Waals surface area (Å²) in [5.41, 5.74) is -0.00481. The molecule has 0 atom stereocenters. The molecule has 1 aromatic rings. The van der Waals surface area contributed by atoms with Crippen molar-refractivity contribution in [3.63, 3.8) is 0 Å². The fourth-order valence-corrected chi connectivity index (χ4v) is 4.74. The number of rotatable bonds is 6. The zero-order chi connectivity index (χ0) is 18.7. The molecule has 1 amide bonds. The molecule has 0 saturated carbocycles. The molecule has 6 nitrogen and oxygen atoms in total. The monoisotopic (exact) mass is 367 g/mol. The highest BCUT2D eigenvalue weighted by Gasteiger charge is 2.35. The van der Waals surface area contributed by atoms with Gasteiger partial charge in [0.2, 0.25) is 15.9 Å². The number of carbonyl (C=O) groups is 1. The maximum atomic E-state index is 13.2. The molecule has 1 saturated heterocycles. The van der Waals surface area contributed by atoms with E-state index in [1.165, 1.54) is 21.3 Å². The molecule has 1 aromatic carbocycles.